The van der Waals surface area contributed by atoms with Crippen LogP contribution in [0, 0.1) is 5.92 Å². The van der Waals surface area contributed by atoms with Gasteiger partial charge in [-0.1, -0.05) is 12.1 Å². The third kappa shape index (κ3) is 5.36. The van der Waals surface area contributed by atoms with Crippen LogP contribution in [0.5, 0.6) is 0 Å². The number of rotatable bonds is 5. The lowest BCUT2D eigenvalue weighted by molar-refractivity contribution is -0.125. The number of carbonyl (C=O) groups excluding carboxylic acids is 2. The average molecular weight is 312 g/mol. The Labute approximate surface area is 131 Å². The quantitative estimate of drug-likeness (QED) is 0.754. The van der Waals surface area contributed by atoms with Gasteiger partial charge in [-0.2, -0.15) is 0 Å². The van der Waals surface area contributed by atoms with Crippen molar-refractivity contribution in [1.29, 1.82) is 0 Å². The Kier molecular flexibility index (Phi) is 7.19. The highest BCUT2D eigenvalue weighted by Gasteiger charge is 2.20. The van der Waals surface area contributed by atoms with Crippen LogP contribution in [0.3, 0.4) is 0 Å². The summed E-state index contributed by atoms with van der Waals surface area (Å²) in [6.07, 6.45) is 2.71. The molecule has 0 aliphatic carbocycles. The van der Waals surface area contributed by atoms with Gasteiger partial charge in [-0.15, -0.1) is 12.4 Å². The van der Waals surface area contributed by atoms with Crippen LogP contribution in [0.4, 0.5) is 0 Å². The van der Waals surface area contributed by atoms with E-state index in [2.05, 4.69) is 10.6 Å². The van der Waals surface area contributed by atoms with Crippen molar-refractivity contribution in [3.63, 3.8) is 0 Å². The van der Waals surface area contributed by atoms with Crippen molar-refractivity contribution in [3.05, 3.63) is 35.4 Å². The number of amides is 2. The first-order valence-electron chi connectivity index (χ1n) is 7.04. The van der Waals surface area contributed by atoms with Crippen LogP contribution >= 0.6 is 12.4 Å². The first kappa shape index (κ1) is 17.5. The maximum atomic E-state index is 11.9. The van der Waals surface area contributed by atoms with Gasteiger partial charge in [0.2, 0.25) is 11.8 Å². The number of hydrogen-bond donors (Lipinski definition) is 3. The molecule has 0 radical (unpaired) electrons. The summed E-state index contributed by atoms with van der Waals surface area (Å²) >= 11 is 0. The Morgan fingerprint density at radius 1 is 1.38 bits per heavy atom. The van der Waals surface area contributed by atoms with Crippen LogP contribution in [0.25, 0.3) is 0 Å². The highest BCUT2D eigenvalue weighted by molar-refractivity contribution is 5.92. The molecule has 6 heteroatoms. The van der Waals surface area contributed by atoms with E-state index in [9.17, 15) is 9.59 Å². The van der Waals surface area contributed by atoms with Gasteiger partial charge in [0, 0.05) is 18.7 Å². The molecule has 0 aromatic heterocycles. The predicted molar refractivity (Wildman–Crippen MR) is 84.5 cm³/mol. The number of hydrogen-bond acceptors (Lipinski definition) is 3. The molecule has 1 saturated heterocycles. The molecule has 4 N–H and O–H groups in total. The van der Waals surface area contributed by atoms with Gasteiger partial charge < -0.3 is 16.4 Å². The fraction of sp³-hybridized carbons (Fsp3) is 0.467. The maximum Gasteiger partial charge on any atom is 0.248 e. The predicted octanol–water partition coefficient (Wildman–Crippen LogP) is 0.866. The zero-order chi connectivity index (χ0) is 14.4. The zero-order valence-corrected chi connectivity index (χ0v) is 12.7. The molecule has 1 atom stereocenters. The van der Waals surface area contributed by atoms with Crippen molar-refractivity contribution < 1.29 is 9.59 Å². The third-order valence-corrected chi connectivity index (χ3v) is 3.59. The summed E-state index contributed by atoms with van der Waals surface area (Å²) in [4.78, 5) is 23.0. The minimum atomic E-state index is -0.427. The van der Waals surface area contributed by atoms with Crippen molar-refractivity contribution in [2.24, 2.45) is 11.7 Å². The smallest absolute Gasteiger partial charge is 0.248 e. The summed E-state index contributed by atoms with van der Waals surface area (Å²) in [5.41, 5.74) is 6.75. The van der Waals surface area contributed by atoms with E-state index in [1.807, 2.05) is 12.1 Å². The lowest BCUT2D eigenvalue weighted by atomic mass is 9.99. The number of benzene rings is 1. The Hall–Kier alpha value is -1.59. The Balaban J connectivity index is 0.00000220. The van der Waals surface area contributed by atoms with Crippen LogP contribution in [-0.4, -0.2) is 31.4 Å². The summed E-state index contributed by atoms with van der Waals surface area (Å²) in [5.74, 6) is -0.229. The number of piperidine rings is 1. The van der Waals surface area contributed by atoms with Crippen molar-refractivity contribution in [1.82, 2.24) is 10.6 Å². The standard InChI is InChI=1S/C15H21N3O2.ClH/c16-14(19)12-4-1-3-11(9-12)6-8-18-15(20)13-5-2-7-17-10-13;/h1,3-4,9,13,17H,2,5-8,10H2,(H2,16,19)(H,18,20);1H. The molecule has 1 aliphatic rings. The highest BCUT2D eigenvalue weighted by Crippen LogP contribution is 2.10. The number of halogens is 1. The molecule has 1 aliphatic heterocycles. The Morgan fingerprint density at radius 2 is 2.19 bits per heavy atom. The van der Waals surface area contributed by atoms with Crippen molar-refractivity contribution >= 4 is 24.2 Å². The molecule has 1 unspecified atom stereocenters. The number of carbonyl (C=O) groups is 2. The molecule has 1 heterocycles. The first-order chi connectivity index (χ1) is 9.66. The topological polar surface area (TPSA) is 84.2 Å². The lowest BCUT2D eigenvalue weighted by Crippen LogP contribution is -2.41. The van der Waals surface area contributed by atoms with E-state index in [1.165, 1.54) is 0 Å². The number of nitrogens with one attached hydrogen (secondary N) is 2. The van der Waals surface area contributed by atoms with Gasteiger partial charge >= 0.3 is 0 Å². The molecule has 0 bridgehead atoms. The van der Waals surface area contributed by atoms with Gasteiger partial charge in [0.05, 0.1) is 5.92 Å². The molecule has 1 aromatic carbocycles. The van der Waals surface area contributed by atoms with Gasteiger partial charge in [0.25, 0.3) is 0 Å². The monoisotopic (exact) mass is 311 g/mol. The van der Waals surface area contributed by atoms with Crippen molar-refractivity contribution in [2.45, 2.75) is 19.3 Å². The molecule has 21 heavy (non-hydrogen) atoms. The molecular weight excluding hydrogens is 290 g/mol. The van der Waals surface area contributed by atoms with Crippen molar-refractivity contribution in [2.75, 3.05) is 19.6 Å². The second kappa shape index (κ2) is 8.64. The molecule has 2 rings (SSSR count). The largest absolute Gasteiger partial charge is 0.366 e. The van der Waals surface area contributed by atoms with Crippen molar-refractivity contribution in [3.8, 4) is 0 Å². The van der Waals surface area contributed by atoms with E-state index in [1.54, 1.807) is 12.1 Å². The van der Waals surface area contributed by atoms with Gasteiger partial charge in [-0.25, -0.2) is 0 Å². The van der Waals surface area contributed by atoms with Gasteiger partial charge in [-0.05, 0) is 43.5 Å². The SMILES string of the molecule is Cl.NC(=O)c1cccc(CCNC(=O)C2CCCNC2)c1. The summed E-state index contributed by atoms with van der Waals surface area (Å²) in [7, 11) is 0. The molecular formula is C15H22ClN3O2. The minimum absolute atomic E-state index is 0. The van der Waals surface area contributed by atoms with Crippen LogP contribution in [0.15, 0.2) is 24.3 Å². The van der Waals surface area contributed by atoms with Gasteiger partial charge in [0.1, 0.15) is 0 Å². The van der Waals surface area contributed by atoms with E-state index in [0.717, 1.165) is 31.5 Å². The minimum Gasteiger partial charge on any atom is -0.366 e. The molecule has 116 valence electrons. The first-order valence-corrected chi connectivity index (χ1v) is 7.04. The molecule has 2 amide bonds. The van der Waals surface area contributed by atoms with E-state index in [0.29, 0.717) is 18.5 Å². The van der Waals surface area contributed by atoms with Crippen LogP contribution in [0.2, 0.25) is 0 Å². The fourth-order valence-electron chi connectivity index (χ4n) is 2.43. The summed E-state index contributed by atoms with van der Waals surface area (Å²) in [6.45, 7) is 2.35. The average Bonchev–Trinajstić information content (AvgIpc) is 2.48. The number of nitrogens with two attached hydrogens (primary N) is 1. The summed E-state index contributed by atoms with van der Waals surface area (Å²) in [5, 5.41) is 6.19. The lowest BCUT2D eigenvalue weighted by Gasteiger charge is -2.21. The molecule has 0 saturated carbocycles. The van der Waals surface area contributed by atoms with E-state index >= 15 is 0 Å². The van der Waals surface area contributed by atoms with Gasteiger partial charge in [0.15, 0.2) is 0 Å². The molecule has 1 aromatic rings. The third-order valence-electron chi connectivity index (χ3n) is 3.59. The maximum absolute atomic E-state index is 11.9. The molecule has 1 fully saturated rings. The fourth-order valence-corrected chi connectivity index (χ4v) is 2.43. The normalized spacial score (nSPS) is 17.6. The second-order valence-electron chi connectivity index (χ2n) is 5.15. The molecule has 5 nitrogen and oxygen atoms in total. The Bertz CT molecular complexity index is 488. The van der Waals surface area contributed by atoms with Crippen LogP contribution in [-0.2, 0) is 11.2 Å². The number of primary amides is 1. The zero-order valence-electron chi connectivity index (χ0n) is 11.9. The second-order valence-corrected chi connectivity index (χ2v) is 5.15. The summed E-state index contributed by atoms with van der Waals surface area (Å²) < 4.78 is 0. The molecule has 0 spiro atoms. The van der Waals surface area contributed by atoms with E-state index in [-0.39, 0.29) is 24.2 Å². The van der Waals surface area contributed by atoms with Crippen LogP contribution < -0.4 is 16.4 Å². The summed E-state index contributed by atoms with van der Waals surface area (Å²) in [6, 6.07) is 7.21. The highest BCUT2D eigenvalue weighted by atomic mass is 35.5. The van der Waals surface area contributed by atoms with Crippen LogP contribution in [0.1, 0.15) is 28.8 Å². The Morgan fingerprint density at radius 3 is 2.86 bits per heavy atom. The van der Waals surface area contributed by atoms with E-state index < -0.39 is 5.91 Å². The van der Waals surface area contributed by atoms with E-state index in [4.69, 9.17) is 5.73 Å². The van der Waals surface area contributed by atoms with Gasteiger partial charge in [-0.3, -0.25) is 9.59 Å².